The molecule has 0 unspecified atom stereocenters. The highest BCUT2D eigenvalue weighted by Crippen LogP contribution is 2.14. The molecule has 0 aromatic heterocycles. The number of ether oxygens (including phenoxy) is 3. The van der Waals surface area contributed by atoms with Crippen LogP contribution in [0.15, 0.2) is 0 Å². The minimum absolute atomic E-state index is 0.0138. The average molecular weight is 360 g/mol. The van der Waals surface area contributed by atoms with Crippen molar-refractivity contribution >= 4 is 0 Å². The second kappa shape index (κ2) is 13.0. The van der Waals surface area contributed by atoms with Crippen molar-refractivity contribution in [3.05, 3.63) is 0 Å². The van der Waals surface area contributed by atoms with Crippen molar-refractivity contribution in [2.75, 3.05) is 39.5 Å². The molecule has 0 bridgehead atoms. The van der Waals surface area contributed by atoms with Gasteiger partial charge >= 0.3 is 0 Å². The summed E-state index contributed by atoms with van der Waals surface area (Å²) in [7, 11) is 0. The Kier molecular flexibility index (Phi) is 11.9. The van der Waals surface area contributed by atoms with E-state index in [-0.39, 0.29) is 11.7 Å². The van der Waals surface area contributed by atoms with Crippen LogP contribution in [0.3, 0.4) is 0 Å². The fourth-order valence-electron chi connectivity index (χ4n) is 2.59. The van der Waals surface area contributed by atoms with Crippen molar-refractivity contribution in [2.24, 2.45) is 0 Å². The van der Waals surface area contributed by atoms with Crippen molar-refractivity contribution < 1.29 is 19.0 Å². The summed E-state index contributed by atoms with van der Waals surface area (Å²) in [4.78, 5) is 5.57. The van der Waals surface area contributed by atoms with Gasteiger partial charge in [0, 0.05) is 26.4 Å². The Morgan fingerprint density at radius 2 is 1.40 bits per heavy atom. The zero-order valence-corrected chi connectivity index (χ0v) is 17.2. The first-order chi connectivity index (χ1) is 11.9. The molecular formula is C20H41NO4. The number of unbranched alkanes of at least 4 members (excludes halogenated alkanes) is 4. The first-order valence-electron chi connectivity index (χ1n) is 10.1. The molecule has 1 rings (SSSR count). The SMILES string of the molecule is CC(C)ON1CC(OCCCCCOCCCCCOC(C)(C)C)C1. The van der Waals surface area contributed by atoms with E-state index in [2.05, 4.69) is 34.6 Å². The van der Waals surface area contributed by atoms with E-state index in [0.29, 0.717) is 6.10 Å². The lowest BCUT2D eigenvalue weighted by atomic mass is 10.2. The third-order valence-corrected chi connectivity index (χ3v) is 3.93. The molecule has 0 saturated carbocycles. The molecule has 25 heavy (non-hydrogen) atoms. The monoisotopic (exact) mass is 359 g/mol. The van der Waals surface area contributed by atoms with Crippen LogP contribution in [0.4, 0.5) is 0 Å². The molecule has 1 aliphatic rings. The molecule has 0 atom stereocenters. The molecule has 0 aromatic rings. The van der Waals surface area contributed by atoms with Gasteiger partial charge in [0.15, 0.2) is 0 Å². The summed E-state index contributed by atoms with van der Waals surface area (Å²) in [6, 6.07) is 0. The summed E-state index contributed by atoms with van der Waals surface area (Å²) < 4.78 is 17.2. The van der Waals surface area contributed by atoms with Crippen LogP contribution >= 0.6 is 0 Å². The van der Waals surface area contributed by atoms with Crippen LogP contribution < -0.4 is 0 Å². The molecule has 1 aliphatic heterocycles. The maximum atomic E-state index is 5.82. The summed E-state index contributed by atoms with van der Waals surface area (Å²) >= 11 is 0. The topological polar surface area (TPSA) is 40.2 Å². The minimum atomic E-state index is -0.0138. The average Bonchev–Trinajstić information content (AvgIpc) is 2.47. The fourth-order valence-corrected chi connectivity index (χ4v) is 2.59. The van der Waals surface area contributed by atoms with E-state index >= 15 is 0 Å². The second-order valence-corrected chi connectivity index (χ2v) is 8.19. The largest absolute Gasteiger partial charge is 0.381 e. The first kappa shape index (κ1) is 22.8. The quantitative estimate of drug-likeness (QED) is 0.410. The molecule has 5 heteroatoms. The normalized spacial score (nSPS) is 16.6. The van der Waals surface area contributed by atoms with Gasteiger partial charge in [-0.25, -0.2) is 0 Å². The van der Waals surface area contributed by atoms with Crippen LogP contribution in [0.25, 0.3) is 0 Å². The zero-order chi connectivity index (χ0) is 18.5. The van der Waals surface area contributed by atoms with E-state index in [1.807, 2.05) is 5.06 Å². The minimum Gasteiger partial charge on any atom is -0.381 e. The van der Waals surface area contributed by atoms with Crippen LogP contribution in [0.5, 0.6) is 0 Å². The highest BCUT2D eigenvalue weighted by molar-refractivity contribution is 4.75. The molecule has 0 amide bonds. The molecule has 5 nitrogen and oxygen atoms in total. The third kappa shape index (κ3) is 13.6. The van der Waals surface area contributed by atoms with Gasteiger partial charge in [-0.15, -0.1) is 0 Å². The van der Waals surface area contributed by atoms with Crippen molar-refractivity contribution in [3.63, 3.8) is 0 Å². The summed E-state index contributed by atoms with van der Waals surface area (Å²) in [6.07, 6.45) is 7.49. The van der Waals surface area contributed by atoms with E-state index in [0.717, 1.165) is 65.2 Å². The lowest BCUT2D eigenvalue weighted by molar-refractivity contribution is -0.263. The summed E-state index contributed by atoms with van der Waals surface area (Å²) in [5.41, 5.74) is -0.0138. The van der Waals surface area contributed by atoms with Gasteiger partial charge < -0.3 is 14.2 Å². The highest BCUT2D eigenvalue weighted by Gasteiger charge is 2.28. The van der Waals surface area contributed by atoms with Crippen molar-refractivity contribution in [1.82, 2.24) is 5.06 Å². The van der Waals surface area contributed by atoms with E-state index in [1.165, 1.54) is 12.8 Å². The second-order valence-electron chi connectivity index (χ2n) is 8.19. The Labute approximate surface area is 155 Å². The van der Waals surface area contributed by atoms with Gasteiger partial charge in [0.05, 0.1) is 30.9 Å². The number of hydroxylamine groups is 2. The van der Waals surface area contributed by atoms with Crippen LogP contribution in [0.2, 0.25) is 0 Å². The fraction of sp³-hybridized carbons (Fsp3) is 1.00. The van der Waals surface area contributed by atoms with Gasteiger partial charge in [-0.05, 0) is 73.1 Å². The molecule has 1 fully saturated rings. The smallest absolute Gasteiger partial charge is 0.0875 e. The van der Waals surface area contributed by atoms with Gasteiger partial charge in [0.25, 0.3) is 0 Å². The van der Waals surface area contributed by atoms with Crippen LogP contribution in [0.1, 0.15) is 73.1 Å². The third-order valence-electron chi connectivity index (χ3n) is 3.93. The highest BCUT2D eigenvalue weighted by atomic mass is 16.7. The van der Waals surface area contributed by atoms with Crippen molar-refractivity contribution in [2.45, 2.75) is 91.0 Å². The Bertz CT molecular complexity index is 311. The Morgan fingerprint density at radius 3 is 1.96 bits per heavy atom. The lowest BCUT2D eigenvalue weighted by Gasteiger charge is -2.38. The van der Waals surface area contributed by atoms with Crippen LogP contribution in [0, 0.1) is 0 Å². The maximum absolute atomic E-state index is 5.82. The maximum Gasteiger partial charge on any atom is 0.0875 e. The number of nitrogens with zero attached hydrogens (tertiary/aromatic N) is 1. The van der Waals surface area contributed by atoms with Crippen LogP contribution in [-0.2, 0) is 19.0 Å². The van der Waals surface area contributed by atoms with Gasteiger partial charge in [-0.1, -0.05) is 0 Å². The lowest BCUT2D eigenvalue weighted by Crippen LogP contribution is -2.52. The molecule has 0 aromatic carbocycles. The zero-order valence-electron chi connectivity index (χ0n) is 17.2. The number of rotatable bonds is 15. The molecule has 150 valence electrons. The predicted octanol–water partition coefficient (Wildman–Crippen LogP) is 4.20. The Balaban J connectivity index is 1.72. The first-order valence-corrected chi connectivity index (χ1v) is 10.1. The molecule has 0 radical (unpaired) electrons. The van der Waals surface area contributed by atoms with Crippen molar-refractivity contribution in [1.29, 1.82) is 0 Å². The molecule has 0 spiro atoms. The molecule has 1 saturated heterocycles. The Hall–Kier alpha value is -0.200. The van der Waals surface area contributed by atoms with Gasteiger partial charge in [-0.2, -0.15) is 5.06 Å². The van der Waals surface area contributed by atoms with Gasteiger partial charge in [0.2, 0.25) is 0 Å². The van der Waals surface area contributed by atoms with Gasteiger partial charge in [0.1, 0.15) is 0 Å². The Morgan fingerprint density at radius 1 is 0.840 bits per heavy atom. The van der Waals surface area contributed by atoms with E-state index in [9.17, 15) is 0 Å². The standard InChI is InChI=1S/C20H41NO4/c1-18(2)25-21-16-19(17-21)23-14-10-6-8-12-22-13-9-7-11-15-24-20(3,4)5/h18-19H,6-17H2,1-5H3. The molecule has 0 aliphatic carbocycles. The summed E-state index contributed by atoms with van der Waals surface area (Å²) in [5, 5.41) is 1.98. The van der Waals surface area contributed by atoms with Gasteiger partial charge in [-0.3, -0.25) is 4.84 Å². The number of hydrogen-bond acceptors (Lipinski definition) is 5. The van der Waals surface area contributed by atoms with Crippen LogP contribution in [-0.4, -0.2) is 62.4 Å². The van der Waals surface area contributed by atoms with E-state index in [1.54, 1.807) is 0 Å². The molecule has 0 N–H and O–H groups in total. The van der Waals surface area contributed by atoms with Crippen molar-refractivity contribution in [3.8, 4) is 0 Å². The van der Waals surface area contributed by atoms with E-state index < -0.39 is 0 Å². The summed E-state index contributed by atoms with van der Waals surface area (Å²) in [6.45, 7) is 15.7. The molecular weight excluding hydrogens is 318 g/mol. The predicted molar refractivity (Wildman–Crippen MR) is 102 cm³/mol. The molecule has 1 heterocycles. The number of hydrogen-bond donors (Lipinski definition) is 0. The van der Waals surface area contributed by atoms with E-state index in [4.69, 9.17) is 19.0 Å². The summed E-state index contributed by atoms with van der Waals surface area (Å²) in [5.74, 6) is 0.